The second-order valence-corrected chi connectivity index (χ2v) is 8.56. The van der Waals surface area contributed by atoms with Crippen LogP contribution in [0.1, 0.15) is 12.8 Å². The number of nitrogens with one attached hydrogen (secondary N) is 2. The number of fused-ring (bicyclic) bond motifs is 4. The topological polar surface area (TPSA) is 61.0 Å². The number of anilines is 2. The molecule has 3 heterocycles. The van der Waals surface area contributed by atoms with Gasteiger partial charge in [0, 0.05) is 75.4 Å². The van der Waals surface area contributed by atoms with Crippen LogP contribution in [0.15, 0.2) is 79.1 Å². The summed E-state index contributed by atoms with van der Waals surface area (Å²) in [5, 5.41) is 7.85. The highest BCUT2D eigenvalue weighted by molar-refractivity contribution is 6.09. The molecule has 0 atom stereocenters. The van der Waals surface area contributed by atoms with E-state index in [2.05, 4.69) is 62.6 Å². The van der Waals surface area contributed by atoms with E-state index in [0.29, 0.717) is 0 Å². The molecule has 2 N–H and O–H groups in total. The Labute approximate surface area is 186 Å². The third-order valence-electron chi connectivity index (χ3n) is 6.64. The van der Waals surface area contributed by atoms with Crippen molar-refractivity contribution in [3.63, 3.8) is 0 Å². The van der Waals surface area contributed by atoms with Crippen LogP contribution in [0.2, 0.25) is 0 Å². The second-order valence-electron chi connectivity index (χ2n) is 8.56. The predicted octanol–water partition coefficient (Wildman–Crippen LogP) is 5.72. The van der Waals surface area contributed by atoms with Crippen molar-refractivity contribution >= 4 is 49.9 Å². The van der Waals surface area contributed by atoms with Crippen LogP contribution in [0, 0.1) is 5.92 Å². The number of pyridine rings is 1. The number of benzene rings is 3. The van der Waals surface area contributed by atoms with Crippen LogP contribution in [0.25, 0.3) is 32.6 Å². The maximum Gasteiger partial charge on any atom is 0.227 e. The number of aromatic amines is 1. The first-order chi connectivity index (χ1) is 15.8. The summed E-state index contributed by atoms with van der Waals surface area (Å²) in [4.78, 5) is 23.1. The molecular weight excluding hydrogens is 396 g/mol. The standard InChI is InChI=1S/C27H24N4O/c32-27(29-20-8-9-25-23(16-20)22-5-1-2-6-24(22)30-25)18-11-14-31(15-12-18)26-7-3-4-19-17-28-13-10-21(19)26/h1-10,13,16-18,30H,11-12,14-15H2,(H,29,32). The number of H-pyrrole nitrogens is 1. The molecule has 2 aromatic heterocycles. The molecule has 1 fully saturated rings. The van der Waals surface area contributed by atoms with E-state index in [9.17, 15) is 4.79 Å². The first kappa shape index (κ1) is 18.9. The van der Waals surface area contributed by atoms with Gasteiger partial charge in [-0.15, -0.1) is 0 Å². The zero-order valence-electron chi connectivity index (χ0n) is 17.7. The van der Waals surface area contributed by atoms with E-state index < -0.39 is 0 Å². The molecule has 3 aromatic carbocycles. The summed E-state index contributed by atoms with van der Waals surface area (Å²) in [6, 6.07) is 22.8. The summed E-state index contributed by atoms with van der Waals surface area (Å²) in [5.41, 5.74) is 4.29. The van der Waals surface area contributed by atoms with Crippen molar-refractivity contribution in [2.24, 2.45) is 5.92 Å². The number of amides is 1. The maximum atomic E-state index is 13.0. The predicted molar refractivity (Wildman–Crippen MR) is 131 cm³/mol. The van der Waals surface area contributed by atoms with Crippen molar-refractivity contribution in [3.8, 4) is 0 Å². The summed E-state index contributed by atoms with van der Waals surface area (Å²) in [5.74, 6) is 0.146. The first-order valence-electron chi connectivity index (χ1n) is 11.2. The minimum atomic E-state index is 0.0292. The van der Waals surface area contributed by atoms with Gasteiger partial charge in [-0.1, -0.05) is 30.3 Å². The Morgan fingerprint density at radius 1 is 0.906 bits per heavy atom. The van der Waals surface area contributed by atoms with Crippen LogP contribution < -0.4 is 10.2 Å². The lowest BCUT2D eigenvalue weighted by Crippen LogP contribution is -2.38. The van der Waals surface area contributed by atoms with Crippen LogP contribution in [-0.4, -0.2) is 29.0 Å². The normalized spacial score (nSPS) is 14.9. The van der Waals surface area contributed by atoms with Gasteiger partial charge in [0.2, 0.25) is 5.91 Å². The molecule has 6 rings (SSSR count). The molecular formula is C27H24N4O. The molecule has 0 saturated carbocycles. The summed E-state index contributed by atoms with van der Waals surface area (Å²) < 4.78 is 0. The Kier molecular flexibility index (Phi) is 4.53. The van der Waals surface area contributed by atoms with E-state index in [0.717, 1.165) is 53.4 Å². The highest BCUT2D eigenvalue weighted by atomic mass is 16.1. The average molecular weight is 421 g/mol. The molecule has 1 aliphatic heterocycles. The molecule has 0 aliphatic carbocycles. The highest BCUT2D eigenvalue weighted by Gasteiger charge is 2.26. The number of hydrogen-bond acceptors (Lipinski definition) is 3. The Balaban J connectivity index is 1.17. The molecule has 32 heavy (non-hydrogen) atoms. The van der Waals surface area contributed by atoms with E-state index in [4.69, 9.17) is 0 Å². The van der Waals surface area contributed by atoms with Gasteiger partial charge >= 0.3 is 0 Å². The number of hydrogen-bond donors (Lipinski definition) is 2. The fourth-order valence-corrected chi connectivity index (χ4v) is 4.93. The minimum absolute atomic E-state index is 0.0292. The smallest absolute Gasteiger partial charge is 0.227 e. The molecule has 1 aliphatic rings. The third-order valence-corrected chi connectivity index (χ3v) is 6.64. The fraction of sp³-hybridized carbons (Fsp3) is 0.185. The molecule has 0 bridgehead atoms. The van der Waals surface area contributed by atoms with Crippen LogP contribution in [0.4, 0.5) is 11.4 Å². The van der Waals surface area contributed by atoms with Crippen molar-refractivity contribution in [3.05, 3.63) is 79.1 Å². The number of nitrogens with zero attached hydrogens (tertiary/aromatic N) is 2. The van der Waals surface area contributed by atoms with E-state index in [1.54, 1.807) is 0 Å². The summed E-state index contributed by atoms with van der Waals surface area (Å²) in [7, 11) is 0. The Morgan fingerprint density at radius 2 is 1.75 bits per heavy atom. The highest BCUT2D eigenvalue weighted by Crippen LogP contribution is 2.31. The van der Waals surface area contributed by atoms with Gasteiger partial charge in [0.15, 0.2) is 0 Å². The van der Waals surface area contributed by atoms with E-state index in [1.165, 1.54) is 16.5 Å². The SMILES string of the molecule is O=C(Nc1ccc2[nH]c3ccccc3c2c1)C1CCN(c2cccc3cnccc23)CC1. The van der Waals surface area contributed by atoms with Gasteiger partial charge in [-0.05, 0) is 49.2 Å². The minimum Gasteiger partial charge on any atom is -0.371 e. The summed E-state index contributed by atoms with van der Waals surface area (Å²) in [6.45, 7) is 1.75. The van der Waals surface area contributed by atoms with E-state index in [1.807, 2.05) is 36.7 Å². The lowest BCUT2D eigenvalue weighted by Gasteiger charge is -2.33. The molecule has 5 heteroatoms. The monoisotopic (exact) mass is 420 g/mol. The van der Waals surface area contributed by atoms with Crippen LogP contribution >= 0.6 is 0 Å². The van der Waals surface area contributed by atoms with Gasteiger partial charge in [0.05, 0.1) is 0 Å². The third kappa shape index (κ3) is 3.26. The van der Waals surface area contributed by atoms with Crippen molar-refractivity contribution in [2.75, 3.05) is 23.3 Å². The fourth-order valence-electron chi connectivity index (χ4n) is 4.93. The first-order valence-corrected chi connectivity index (χ1v) is 11.2. The van der Waals surface area contributed by atoms with Gasteiger partial charge in [-0.2, -0.15) is 0 Å². The van der Waals surface area contributed by atoms with Crippen LogP contribution in [0.3, 0.4) is 0 Å². The van der Waals surface area contributed by atoms with Crippen molar-refractivity contribution in [1.82, 2.24) is 9.97 Å². The molecule has 0 radical (unpaired) electrons. The zero-order chi connectivity index (χ0) is 21.5. The van der Waals surface area contributed by atoms with Gasteiger partial charge < -0.3 is 15.2 Å². The number of carbonyl (C=O) groups is 1. The second kappa shape index (κ2) is 7.68. The van der Waals surface area contributed by atoms with Crippen molar-refractivity contribution < 1.29 is 4.79 Å². The van der Waals surface area contributed by atoms with E-state index >= 15 is 0 Å². The molecule has 158 valence electrons. The number of rotatable bonds is 3. The molecule has 1 amide bonds. The average Bonchev–Trinajstić information content (AvgIpc) is 3.22. The number of para-hydroxylation sites is 1. The summed E-state index contributed by atoms with van der Waals surface area (Å²) in [6.07, 6.45) is 5.45. The lowest BCUT2D eigenvalue weighted by atomic mass is 9.95. The lowest BCUT2D eigenvalue weighted by molar-refractivity contribution is -0.120. The van der Waals surface area contributed by atoms with Gasteiger partial charge in [0.1, 0.15) is 0 Å². The molecule has 5 nitrogen and oxygen atoms in total. The quantitative estimate of drug-likeness (QED) is 0.392. The molecule has 0 spiro atoms. The number of piperidine rings is 1. The largest absolute Gasteiger partial charge is 0.371 e. The van der Waals surface area contributed by atoms with Gasteiger partial charge in [-0.25, -0.2) is 0 Å². The van der Waals surface area contributed by atoms with Crippen LogP contribution in [0.5, 0.6) is 0 Å². The van der Waals surface area contributed by atoms with Crippen molar-refractivity contribution in [1.29, 1.82) is 0 Å². The van der Waals surface area contributed by atoms with Gasteiger partial charge in [-0.3, -0.25) is 9.78 Å². The Bertz CT molecular complexity index is 1440. The van der Waals surface area contributed by atoms with Crippen LogP contribution in [-0.2, 0) is 4.79 Å². The Hall–Kier alpha value is -3.86. The number of aromatic nitrogens is 2. The zero-order valence-corrected chi connectivity index (χ0v) is 17.7. The van der Waals surface area contributed by atoms with Gasteiger partial charge in [0.25, 0.3) is 0 Å². The number of carbonyl (C=O) groups excluding carboxylic acids is 1. The summed E-state index contributed by atoms with van der Waals surface area (Å²) >= 11 is 0. The van der Waals surface area contributed by atoms with E-state index in [-0.39, 0.29) is 11.8 Å². The van der Waals surface area contributed by atoms with Crippen molar-refractivity contribution in [2.45, 2.75) is 12.8 Å². The molecule has 5 aromatic rings. The maximum absolute atomic E-state index is 13.0. The molecule has 0 unspecified atom stereocenters. The Morgan fingerprint density at radius 3 is 2.66 bits per heavy atom. The molecule has 1 saturated heterocycles.